The van der Waals surface area contributed by atoms with Gasteiger partial charge in [-0.2, -0.15) is 0 Å². The van der Waals surface area contributed by atoms with E-state index in [1.54, 1.807) is 20.8 Å². The Hall–Kier alpha value is -1.08. The highest BCUT2D eigenvalue weighted by molar-refractivity contribution is 6.48. The SMILES string of the molecule is COC(=O)C1(O[SiH](C)C)C(C(C)(C)C)CCN1C(=O)OC(C)(C)C. The number of carbonyl (C=O) groups is 2. The molecule has 0 saturated carbocycles. The molecule has 0 radical (unpaired) electrons. The molecule has 1 fully saturated rings. The van der Waals surface area contributed by atoms with Crippen LogP contribution >= 0.6 is 0 Å². The molecule has 1 saturated heterocycles. The third kappa shape index (κ3) is 4.30. The maximum absolute atomic E-state index is 12.8. The summed E-state index contributed by atoms with van der Waals surface area (Å²) in [6.45, 7) is 16.0. The van der Waals surface area contributed by atoms with Crippen LogP contribution in [-0.2, 0) is 18.7 Å². The fourth-order valence-corrected chi connectivity index (χ4v) is 4.43. The van der Waals surface area contributed by atoms with Crippen LogP contribution in [0.2, 0.25) is 13.1 Å². The minimum absolute atomic E-state index is 0.167. The number of rotatable bonds is 3. The van der Waals surface area contributed by atoms with Crippen LogP contribution in [-0.4, -0.2) is 51.0 Å². The van der Waals surface area contributed by atoms with E-state index < -0.39 is 32.4 Å². The number of hydrogen-bond donors (Lipinski definition) is 0. The van der Waals surface area contributed by atoms with Crippen LogP contribution in [0.4, 0.5) is 4.79 Å². The van der Waals surface area contributed by atoms with Crippen molar-refractivity contribution in [3.05, 3.63) is 0 Å². The molecule has 2 atom stereocenters. The van der Waals surface area contributed by atoms with E-state index in [1.165, 1.54) is 12.0 Å². The molecular formula is C17H33NO5Si. The standard InChI is InChI=1S/C17H33NO5Si/c1-15(2,3)12-10-11-18(14(20)22-16(4,5)6)17(12,13(19)21-7)23-24(8)9/h12,24H,10-11H2,1-9H3. The van der Waals surface area contributed by atoms with Crippen molar-refractivity contribution in [3.63, 3.8) is 0 Å². The van der Waals surface area contributed by atoms with Crippen molar-refractivity contribution in [2.24, 2.45) is 11.3 Å². The first-order valence-electron chi connectivity index (χ1n) is 8.52. The van der Waals surface area contributed by atoms with E-state index in [0.29, 0.717) is 13.0 Å². The molecule has 1 amide bonds. The second-order valence-electron chi connectivity index (χ2n) is 8.69. The fourth-order valence-electron chi connectivity index (χ4n) is 3.32. The van der Waals surface area contributed by atoms with E-state index in [1.807, 2.05) is 13.1 Å². The number of methoxy groups -OCH3 is 1. The second-order valence-corrected chi connectivity index (χ2v) is 11.0. The van der Waals surface area contributed by atoms with Gasteiger partial charge in [0, 0.05) is 12.5 Å². The van der Waals surface area contributed by atoms with Crippen LogP contribution < -0.4 is 0 Å². The Morgan fingerprint density at radius 2 is 1.67 bits per heavy atom. The Morgan fingerprint density at radius 3 is 2.04 bits per heavy atom. The maximum Gasteiger partial charge on any atom is 0.413 e. The molecule has 6 nitrogen and oxygen atoms in total. The Kier molecular flexibility index (Phi) is 6.14. The second kappa shape index (κ2) is 7.04. The van der Waals surface area contributed by atoms with Gasteiger partial charge in [0.15, 0.2) is 9.04 Å². The van der Waals surface area contributed by atoms with Gasteiger partial charge in [0.2, 0.25) is 5.72 Å². The lowest BCUT2D eigenvalue weighted by Crippen LogP contribution is -2.63. The van der Waals surface area contributed by atoms with Crippen LogP contribution in [0.3, 0.4) is 0 Å². The van der Waals surface area contributed by atoms with Crippen molar-refractivity contribution >= 4 is 21.1 Å². The first kappa shape index (κ1) is 21.0. The van der Waals surface area contributed by atoms with Crippen molar-refractivity contribution in [3.8, 4) is 0 Å². The topological polar surface area (TPSA) is 65.1 Å². The normalized spacial score (nSPS) is 25.1. The molecule has 1 rings (SSSR count). The predicted octanol–water partition coefficient (Wildman–Crippen LogP) is 3.16. The van der Waals surface area contributed by atoms with Crippen molar-refractivity contribution in [2.45, 2.75) is 72.4 Å². The maximum atomic E-state index is 12.8. The summed E-state index contributed by atoms with van der Waals surface area (Å²) in [6.07, 6.45) is 0.133. The fraction of sp³-hybridized carbons (Fsp3) is 0.882. The minimum Gasteiger partial charge on any atom is -0.465 e. The predicted molar refractivity (Wildman–Crippen MR) is 95.2 cm³/mol. The lowest BCUT2D eigenvalue weighted by molar-refractivity contribution is -0.186. The highest BCUT2D eigenvalue weighted by atomic mass is 28.3. The van der Waals surface area contributed by atoms with Crippen LogP contribution in [0.5, 0.6) is 0 Å². The van der Waals surface area contributed by atoms with Gasteiger partial charge in [0.05, 0.1) is 7.11 Å². The molecule has 0 aromatic carbocycles. The summed E-state index contributed by atoms with van der Waals surface area (Å²) in [7, 11) is -0.320. The third-order valence-corrected chi connectivity index (χ3v) is 4.90. The van der Waals surface area contributed by atoms with Crippen LogP contribution in [0.15, 0.2) is 0 Å². The molecule has 1 aliphatic rings. The number of carbonyl (C=O) groups excluding carboxylic acids is 2. The minimum atomic E-state index is -1.65. The molecular weight excluding hydrogens is 326 g/mol. The lowest BCUT2D eigenvalue weighted by Gasteiger charge is -2.45. The van der Waals surface area contributed by atoms with Crippen LogP contribution in [0.1, 0.15) is 48.0 Å². The summed E-state index contributed by atoms with van der Waals surface area (Å²) in [5, 5.41) is 0. The number of esters is 1. The van der Waals surface area contributed by atoms with Gasteiger partial charge in [-0.3, -0.25) is 4.90 Å². The van der Waals surface area contributed by atoms with Crippen molar-refractivity contribution in [2.75, 3.05) is 13.7 Å². The summed E-state index contributed by atoms with van der Waals surface area (Å²) in [5.41, 5.74) is -2.28. The number of hydrogen-bond acceptors (Lipinski definition) is 5. The zero-order valence-electron chi connectivity index (χ0n) is 16.6. The first-order chi connectivity index (χ1) is 10.8. The van der Waals surface area contributed by atoms with Gasteiger partial charge in [-0.15, -0.1) is 0 Å². The van der Waals surface area contributed by atoms with Crippen molar-refractivity contribution in [1.29, 1.82) is 0 Å². The highest BCUT2D eigenvalue weighted by Crippen LogP contribution is 2.47. The van der Waals surface area contributed by atoms with Crippen molar-refractivity contribution < 1.29 is 23.5 Å². The Morgan fingerprint density at radius 1 is 1.12 bits per heavy atom. The van der Waals surface area contributed by atoms with Gasteiger partial charge in [-0.25, -0.2) is 9.59 Å². The number of amides is 1. The van der Waals surface area contributed by atoms with Crippen LogP contribution in [0, 0.1) is 11.3 Å². The molecule has 0 aliphatic carbocycles. The Balaban J connectivity index is 3.40. The summed E-state index contributed by atoms with van der Waals surface area (Å²) in [5.74, 6) is -0.688. The zero-order chi connectivity index (χ0) is 18.9. The summed E-state index contributed by atoms with van der Waals surface area (Å²) < 4.78 is 16.8. The largest absolute Gasteiger partial charge is 0.465 e. The summed E-state index contributed by atoms with van der Waals surface area (Å²) in [4.78, 5) is 27.1. The molecule has 1 heterocycles. The lowest BCUT2D eigenvalue weighted by atomic mass is 9.74. The van der Waals surface area contributed by atoms with Gasteiger partial charge >= 0.3 is 12.1 Å². The van der Waals surface area contributed by atoms with E-state index in [0.717, 1.165) is 0 Å². The molecule has 0 spiro atoms. The molecule has 7 heteroatoms. The van der Waals surface area contributed by atoms with E-state index in [2.05, 4.69) is 20.8 Å². The average molecular weight is 360 g/mol. The van der Waals surface area contributed by atoms with Crippen molar-refractivity contribution in [1.82, 2.24) is 4.90 Å². The monoisotopic (exact) mass is 359 g/mol. The number of likely N-dealkylation sites (tertiary alicyclic amines) is 1. The Labute approximate surface area is 147 Å². The number of nitrogens with zero attached hydrogens (tertiary/aromatic N) is 1. The number of ether oxygens (including phenoxy) is 2. The average Bonchev–Trinajstić information content (AvgIpc) is 2.75. The molecule has 0 aromatic heterocycles. The molecule has 140 valence electrons. The molecule has 1 aliphatic heterocycles. The van der Waals surface area contributed by atoms with Crippen LogP contribution in [0.25, 0.3) is 0 Å². The first-order valence-corrected chi connectivity index (χ1v) is 11.3. The highest BCUT2D eigenvalue weighted by Gasteiger charge is 2.62. The van der Waals surface area contributed by atoms with Gasteiger partial charge in [0.1, 0.15) is 5.60 Å². The van der Waals surface area contributed by atoms with E-state index in [-0.39, 0.29) is 11.3 Å². The smallest absolute Gasteiger partial charge is 0.413 e. The Bertz CT molecular complexity index is 480. The van der Waals surface area contributed by atoms with E-state index >= 15 is 0 Å². The van der Waals surface area contributed by atoms with Gasteiger partial charge in [-0.1, -0.05) is 20.8 Å². The zero-order valence-corrected chi connectivity index (χ0v) is 17.7. The summed E-state index contributed by atoms with van der Waals surface area (Å²) >= 11 is 0. The van der Waals surface area contributed by atoms with E-state index in [4.69, 9.17) is 13.9 Å². The summed E-state index contributed by atoms with van der Waals surface area (Å²) in [6, 6.07) is 0. The molecule has 2 unspecified atom stereocenters. The molecule has 0 bridgehead atoms. The molecule has 0 aromatic rings. The molecule has 0 N–H and O–H groups in total. The van der Waals surface area contributed by atoms with Gasteiger partial charge in [-0.05, 0) is 45.7 Å². The quantitative estimate of drug-likeness (QED) is 0.572. The van der Waals surface area contributed by atoms with Gasteiger partial charge in [0.25, 0.3) is 0 Å². The van der Waals surface area contributed by atoms with E-state index in [9.17, 15) is 9.59 Å². The third-order valence-electron chi connectivity index (χ3n) is 4.07. The van der Waals surface area contributed by atoms with Gasteiger partial charge < -0.3 is 13.9 Å². The molecule has 24 heavy (non-hydrogen) atoms.